The summed E-state index contributed by atoms with van der Waals surface area (Å²) in [4.78, 5) is 2.44. The summed E-state index contributed by atoms with van der Waals surface area (Å²) < 4.78 is 2.67. The molecule has 0 aliphatic rings. The van der Waals surface area contributed by atoms with E-state index in [1.807, 2.05) is 11.3 Å². The molecular formula is C42H27NS. The molecule has 0 spiro atoms. The number of fused-ring (bicyclic) bond motifs is 7. The number of nitrogens with zero attached hydrogens (tertiary/aromatic N) is 1. The highest BCUT2D eigenvalue weighted by Crippen LogP contribution is 2.44. The first kappa shape index (κ1) is 25.1. The molecule has 0 amide bonds. The van der Waals surface area contributed by atoms with Crippen LogP contribution < -0.4 is 4.90 Å². The third kappa shape index (κ3) is 4.07. The topological polar surface area (TPSA) is 3.24 Å². The molecule has 9 aromatic rings. The van der Waals surface area contributed by atoms with Gasteiger partial charge in [0, 0.05) is 36.9 Å². The van der Waals surface area contributed by atoms with Crippen LogP contribution in [0.15, 0.2) is 164 Å². The lowest BCUT2D eigenvalue weighted by Gasteiger charge is -2.28. The van der Waals surface area contributed by atoms with Gasteiger partial charge in [0.1, 0.15) is 0 Å². The largest absolute Gasteiger partial charge is 0.310 e. The maximum atomic E-state index is 2.44. The third-order valence-electron chi connectivity index (χ3n) is 8.78. The van der Waals surface area contributed by atoms with E-state index in [1.165, 1.54) is 69.3 Å². The Balaban J connectivity index is 1.32. The van der Waals surface area contributed by atoms with Crippen molar-refractivity contribution >= 4 is 80.9 Å². The zero-order valence-electron chi connectivity index (χ0n) is 23.9. The molecule has 0 unspecified atom stereocenters. The Labute approximate surface area is 259 Å². The van der Waals surface area contributed by atoms with Gasteiger partial charge in [-0.15, -0.1) is 11.3 Å². The van der Waals surface area contributed by atoms with Gasteiger partial charge in [0.2, 0.25) is 0 Å². The van der Waals surface area contributed by atoms with E-state index in [2.05, 4.69) is 169 Å². The van der Waals surface area contributed by atoms with Gasteiger partial charge in [0.25, 0.3) is 0 Å². The smallest absolute Gasteiger partial charge is 0.0546 e. The molecule has 9 rings (SSSR count). The summed E-state index contributed by atoms with van der Waals surface area (Å²) in [7, 11) is 0. The quantitative estimate of drug-likeness (QED) is 0.188. The van der Waals surface area contributed by atoms with Gasteiger partial charge < -0.3 is 4.90 Å². The van der Waals surface area contributed by atoms with Crippen LogP contribution in [0.25, 0.3) is 63.6 Å². The van der Waals surface area contributed by atoms with E-state index >= 15 is 0 Å². The van der Waals surface area contributed by atoms with Gasteiger partial charge in [-0.2, -0.15) is 0 Å². The van der Waals surface area contributed by atoms with Crippen LogP contribution in [0.1, 0.15) is 0 Å². The first-order chi connectivity index (χ1) is 21.8. The molecule has 44 heavy (non-hydrogen) atoms. The molecule has 0 N–H and O–H groups in total. The van der Waals surface area contributed by atoms with Crippen molar-refractivity contribution in [3.8, 4) is 11.1 Å². The Hall–Kier alpha value is -5.44. The Morgan fingerprint density at radius 1 is 0.341 bits per heavy atom. The maximum Gasteiger partial charge on any atom is 0.0546 e. The maximum absolute atomic E-state index is 2.44. The molecule has 8 aromatic carbocycles. The van der Waals surface area contributed by atoms with Crippen molar-refractivity contribution in [1.82, 2.24) is 0 Å². The van der Waals surface area contributed by atoms with Gasteiger partial charge in [-0.25, -0.2) is 0 Å². The Kier molecular flexibility index (Phi) is 5.75. The highest BCUT2D eigenvalue weighted by Gasteiger charge is 2.19. The standard InChI is InChI=1S/C42H27NS/c1-2-11-28(12-3-1)29-14-10-15-33(23-29)43(40-26-31-13-4-5-16-35(31)36-17-6-7-18-37(36)40)34-22-21-30-27-42-39(25-32(30)24-34)38-19-8-9-20-41(38)44-42/h1-27H. The van der Waals surface area contributed by atoms with Gasteiger partial charge in [-0.3, -0.25) is 0 Å². The molecule has 0 radical (unpaired) electrons. The molecule has 0 bridgehead atoms. The summed E-state index contributed by atoms with van der Waals surface area (Å²) in [5.41, 5.74) is 5.86. The monoisotopic (exact) mass is 577 g/mol. The fourth-order valence-corrected chi connectivity index (χ4v) is 7.83. The zero-order chi connectivity index (χ0) is 29.0. The molecule has 1 heterocycles. The number of thiophene rings is 1. The lowest BCUT2D eigenvalue weighted by Crippen LogP contribution is -2.11. The third-order valence-corrected chi connectivity index (χ3v) is 9.91. The predicted octanol–water partition coefficient (Wildman–Crippen LogP) is 12.7. The first-order valence-corrected chi connectivity index (χ1v) is 15.8. The number of hydrogen-bond acceptors (Lipinski definition) is 2. The molecule has 0 fully saturated rings. The minimum Gasteiger partial charge on any atom is -0.310 e. The van der Waals surface area contributed by atoms with Gasteiger partial charge in [-0.05, 0) is 86.6 Å². The minimum atomic E-state index is 1.13. The van der Waals surface area contributed by atoms with Crippen molar-refractivity contribution in [2.45, 2.75) is 0 Å². The predicted molar refractivity (Wildman–Crippen MR) is 192 cm³/mol. The first-order valence-electron chi connectivity index (χ1n) is 15.0. The molecular weight excluding hydrogens is 551 g/mol. The van der Waals surface area contributed by atoms with E-state index in [0.29, 0.717) is 0 Å². The second-order valence-electron chi connectivity index (χ2n) is 11.4. The zero-order valence-corrected chi connectivity index (χ0v) is 24.8. The van der Waals surface area contributed by atoms with Gasteiger partial charge in [-0.1, -0.05) is 115 Å². The summed E-state index contributed by atoms with van der Waals surface area (Å²) in [5, 5.41) is 10.2. The van der Waals surface area contributed by atoms with E-state index in [1.54, 1.807) is 0 Å². The average molecular weight is 578 g/mol. The molecule has 206 valence electrons. The molecule has 1 aromatic heterocycles. The lowest BCUT2D eigenvalue weighted by molar-refractivity contribution is 1.31. The highest BCUT2D eigenvalue weighted by molar-refractivity contribution is 7.25. The van der Waals surface area contributed by atoms with Crippen LogP contribution >= 0.6 is 11.3 Å². The van der Waals surface area contributed by atoms with Crippen LogP contribution in [0.3, 0.4) is 0 Å². The Morgan fingerprint density at radius 2 is 1.05 bits per heavy atom. The summed E-state index contributed by atoms with van der Waals surface area (Å²) in [6.45, 7) is 0. The van der Waals surface area contributed by atoms with Crippen LogP contribution in [0.4, 0.5) is 17.1 Å². The Bertz CT molecular complexity index is 2510. The SMILES string of the molecule is c1ccc(-c2cccc(N(c3ccc4cc5sc6ccccc6c5cc4c3)c3cc4ccccc4c4ccccc34)c2)cc1. The molecule has 0 saturated carbocycles. The van der Waals surface area contributed by atoms with Crippen molar-refractivity contribution < 1.29 is 0 Å². The summed E-state index contributed by atoms with van der Waals surface area (Å²) in [6, 6.07) is 59.8. The molecule has 1 nitrogen and oxygen atoms in total. The fraction of sp³-hybridized carbons (Fsp3) is 0. The van der Waals surface area contributed by atoms with Crippen LogP contribution in [0.5, 0.6) is 0 Å². The normalized spacial score (nSPS) is 11.6. The van der Waals surface area contributed by atoms with E-state index in [4.69, 9.17) is 0 Å². The van der Waals surface area contributed by atoms with Crippen LogP contribution in [-0.4, -0.2) is 0 Å². The molecule has 0 aliphatic carbocycles. The van der Waals surface area contributed by atoms with Crippen molar-refractivity contribution in [3.05, 3.63) is 164 Å². The lowest BCUT2D eigenvalue weighted by atomic mass is 9.98. The number of hydrogen-bond donors (Lipinski definition) is 0. The minimum absolute atomic E-state index is 1.13. The van der Waals surface area contributed by atoms with E-state index < -0.39 is 0 Å². The molecule has 2 heteroatoms. The highest BCUT2D eigenvalue weighted by atomic mass is 32.1. The van der Waals surface area contributed by atoms with Crippen molar-refractivity contribution in [1.29, 1.82) is 0 Å². The van der Waals surface area contributed by atoms with Crippen molar-refractivity contribution in [2.24, 2.45) is 0 Å². The van der Waals surface area contributed by atoms with Gasteiger partial charge >= 0.3 is 0 Å². The summed E-state index contributed by atoms with van der Waals surface area (Å²) in [5.74, 6) is 0. The summed E-state index contributed by atoms with van der Waals surface area (Å²) >= 11 is 1.87. The van der Waals surface area contributed by atoms with E-state index in [9.17, 15) is 0 Å². The van der Waals surface area contributed by atoms with Crippen LogP contribution in [0, 0.1) is 0 Å². The number of benzene rings is 8. The van der Waals surface area contributed by atoms with Crippen molar-refractivity contribution in [3.63, 3.8) is 0 Å². The van der Waals surface area contributed by atoms with E-state index in [0.717, 1.165) is 11.4 Å². The van der Waals surface area contributed by atoms with Crippen molar-refractivity contribution in [2.75, 3.05) is 4.90 Å². The molecule has 0 atom stereocenters. The number of rotatable bonds is 4. The second kappa shape index (κ2) is 10.1. The van der Waals surface area contributed by atoms with Gasteiger partial charge in [0.05, 0.1) is 5.69 Å². The van der Waals surface area contributed by atoms with Gasteiger partial charge in [0.15, 0.2) is 0 Å². The fourth-order valence-electron chi connectivity index (χ4n) is 6.70. The summed E-state index contributed by atoms with van der Waals surface area (Å²) in [6.07, 6.45) is 0. The van der Waals surface area contributed by atoms with Crippen LogP contribution in [-0.2, 0) is 0 Å². The molecule has 0 aliphatic heterocycles. The Morgan fingerprint density at radius 3 is 1.93 bits per heavy atom. The average Bonchev–Trinajstić information content (AvgIpc) is 3.45. The second-order valence-corrected chi connectivity index (χ2v) is 12.5. The molecule has 0 saturated heterocycles. The van der Waals surface area contributed by atoms with Crippen LogP contribution in [0.2, 0.25) is 0 Å². The van der Waals surface area contributed by atoms with E-state index in [-0.39, 0.29) is 0 Å². The number of anilines is 3.